The van der Waals surface area contributed by atoms with Gasteiger partial charge in [-0.05, 0) is 67.6 Å². The number of nitrogens with one attached hydrogen (secondary N) is 2. The molecule has 1 heterocycles. The number of hydrogen-bond acceptors (Lipinski definition) is 3. The van der Waals surface area contributed by atoms with Gasteiger partial charge in [0, 0.05) is 44.1 Å². The maximum atomic E-state index is 13.2. The number of halogens is 3. The molecule has 3 rings (SSSR count). The molecule has 1 fully saturated rings. The van der Waals surface area contributed by atoms with E-state index >= 15 is 0 Å². The molecule has 0 radical (unpaired) electrons. The highest BCUT2D eigenvalue weighted by atomic mass is 35.5. The molecule has 0 aliphatic carbocycles. The van der Waals surface area contributed by atoms with E-state index in [4.69, 9.17) is 23.8 Å². The van der Waals surface area contributed by atoms with Crippen molar-refractivity contribution in [3.8, 4) is 0 Å². The van der Waals surface area contributed by atoms with E-state index in [-0.39, 0.29) is 10.8 Å². The Hall–Kier alpha value is -1.96. The molecule has 2 aromatic carbocycles. The maximum Gasteiger partial charge on any atom is 0.170 e. The average Bonchev–Trinajstić information content (AvgIpc) is 2.69. The number of anilines is 2. The highest BCUT2D eigenvalue weighted by molar-refractivity contribution is 7.80. The molecule has 2 N–H and O–H groups in total. The van der Waals surface area contributed by atoms with Gasteiger partial charge in [-0.3, -0.25) is 4.90 Å². The van der Waals surface area contributed by atoms with E-state index < -0.39 is 5.82 Å². The molecule has 1 saturated heterocycles. The van der Waals surface area contributed by atoms with Crippen LogP contribution in [0, 0.1) is 11.6 Å². The molecule has 8 heteroatoms. The lowest BCUT2D eigenvalue weighted by molar-refractivity contribution is 0.255. The van der Waals surface area contributed by atoms with Crippen LogP contribution >= 0.6 is 23.8 Å². The fourth-order valence-corrected chi connectivity index (χ4v) is 3.54. The quantitative estimate of drug-likeness (QED) is 0.538. The third-order valence-corrected chi connectivity index (χ3v) is 5.21. The molecule has 0 bridgehead atoms. The van der Waals surface area contributed by atoms with Gasteiger partial charge in [-0.15, -0.1) is 0 Å². The first-order chi connectivity index (χ1) is 13.5. The predicted octanol–water partition coefficient (Wildman–Crippen LogP) is 4.12. The first-order valence-electron chi connectivity index (χ1n) is 9.24. The van der Waals surface area contributed by atoms with Gasteiger partial charge in [0.25, 0.3) is 0 Å². The summed E-state index contributed by atoms with van der Waals surface area (Å²) in [4.78, 5) is 4.69. The number of thiocarbonyl (C=S) groups is 1. The normalized spacial score (nSPS) is 14.8. The molecular formula is C20H23ClF2N4S. The van der Waals surface area contributed by atoms with Crippen LogP contribution in [0.4, 0.5) is 20.2 Å². The van der Waals surface area contributed by atoms with E-state index in [1.807, 2.05) is 12.1 Å². The van der Waals surface area contributed by atoms with E-state index in [0.717, 1.165) is 51.4 Å². The molecule has 4 nitrogen and oxygen atoms in total. The molecule has 0 amide bonds. The van der Waals surface area contributed by atoms with Crippen molar-refractivity contribution < 1.29 is 8.78 Å². The molecule has 2 aromatic rings. The zero-order chi connectivity index (χ0) is 19.9. The molecule has 0 unspecified atom stereocenters. The van der Waals surface area contributed by atoms with Crippen LogP contribution in [0.15, 0.2) is 42.5 Å². The standard InChI is InChI=1S/C20H23ClF2N4S/c21-18-14-16(4-7-19(18)23)25-20(28)24-8-1-9-26-10-12-27(13-11-26)17-5-2-15(22)3-6-17/h2-7,14H,1,8-13H2,(H2,24,25,28). The molecule has 0 saturated carbocycles. The van der Waals surface area contributed by atoms with Gasteiger partial charge in [-0.25, -0.2) is 8.78 Å². The second-order valence-corrected chi connectivity index (χ2v) is 7.48. The molecule has 0 aromatic heterocycles. The average molecular weight is 425 g/mol. The zero-order valence-electron chi connectivity index (χ0n) is 15.4. The molecule has 0 atom stereocenters. The monoisotopic (exact) mass is 424 g/mol. The SMILES string of the molecule is Fc1ccc(N2CCN(CCCNC(=S)Nc3ccc(F)c(Cl)c3)CC2)cc1. The zero-order valence-corrected chi connectivity index (χ0v) is 17.0. The Labute approximate surface area is 174 Å². The van der Waals surface area contributed by atoms with Crippen LogP contribution in [0.25, 0.3) is 0 Å². The third kappa shape index (κ3) is 6.02. The molecule has 0 spiro atoms. The topological polar surface area (TPSA) is 30.5 Å². The Kier molecular flexibility index (Phi) is 7.42. The molecular weight excluding hydrogens is 402 g/mol. The van der Waals surface area contributed by atoms with Gasteiger partial charge < -0.3 is 15.5 Å². The second-order valence-electron chi connectivity index (χ2n) is 6.67. The maximum absolute atomic E-state index is 13.2. The van der Waals surface area contributed by atoms with Gasteiger partial charge in [0.15, 0.2) is 5.11 Å². The Morgan fingerprint density at radius 1 is 1.04 bits per heavy atom. The first kappa shape index (κ1) is 20.8. The molecule has 28 heavy (non-hydrogen) atoms. The van der Waals surface area contributed by atoms with Gasteiger partial charge >= 0.3 is 0 Å². The highest BCUT2D eigenvalue weighted by Gasteiger charge is 2.16. The Bertz CT molecular complexity index is 795. The summed E-state index contributed by atoms with van der Waals surface area (Å²) in [5.74, 6) is -0.657. The summed E-state index contributed by atoms with van der Waals surface area (Å²) < 4.78 is 26.2. The van der Waals surface area contributed by atoms with Gasteiger partial charge in [0.1, 0.15) is 11.6 Å². The number of piperazine rings is 1. The van der Waals surface area contributed by atoms with Gasteiger partial charge in [-0.1, -0.05) is 11.6 Å². The van der Waals surface area contributed by atoms with Crippen molar-refractivity contribution in [3.05, 3.63) is 59.1 Å². The van der Waals surface area contributed by atoms with Crippen molar-refractivity contribution in [1.82, 2.24) is 10.2 Å². The van der Waals surface area contributed by atoms with E-state index in [2.05, 4.69) is 20.4 Å². The van der Waals surface area contributed by atoms with Gasteiger partial charge in [-0.2, -0.15) is 0 Å². The smallest absolute Gasteiger partial charge is 0.170 e. The number of benzene rings is 2. The lowest BCUT2D eigenvalue weighted by Crippen LogP contribution is -2.47. The van der Waals surface area contributed by atoms with E-state index in [1.165, 1.54) is 24.3 Å². The van der Waals surface area contributed by atoms with Crippen molar-refractivity contribution in [2.45, 2.75) is 6.42 Å². The fourth-order valence-electron chi connectivity index (χ4n) is 3.14. The highest BCUT2D eigenvalue weighted by Crippen LogP contribution is 2.19. The van der Waals surface area contributed by atoms with E-state index in [9.17, 15) is 8.78 Å². The lowest BCUT2D eigenvalue weighted by atomic mass is 10.2. The van der Waals surface area contributed by atoms with Crippen molar-refractivity contribution in [1.29, 1.82) is 0 Å². The summed E-state index contributed by atoms with van der Waals surface area (Å²) in [6.07, 6.45) is 0.961. The Morgan fingerprint density at radius 2 is 1.75 bits per heavy atom. The minimum absolute atomic E-state index is 0.0626. The summed E-state index contributed by atoms with van der Waals surface area (Å²) in [6.45, 7) is 5.56. The summed E-state index contributed by atoms with van der Waals surface area (Å²) in [5.41, 5.74) is 1.72. The fraction of sp³-hybridized carbons (Fsp3) is 0.350. The van der Waals surface area contributed by atoms with Crippen LogP contribution in [0.2, 0.25) is 5.02 Å². The second kappa shape index (κ2) is 10.0. The van der Waals surface area contributed by atoms with Crippen molar-refractivity contribution in [3.63, 3.8) is 0 Å². The van der Waals surface area contributed by atoms with Crippen LogP contribution in [0.5, 0.6) is 0 Å². The largest absolute Gasteiger partial charge is 0.369 e. The van der Waals surface area contributed by atoms with Gasteiger partial charge in [0.05, 0.1) is 5.02 Å². The molecule has 150 valence electrons. The van der Waals surface area contributed by atoms with Crippen LogP contribution in [-0.4, -0.2) is 49.3 Å². The Morgan fingerprint density at radius 3 is 2.43 bits per heavy atom. The lowest BCUT2D eigenvalue weighted by Gasteiger charge is -2.36. The van der Waals surface area contributed by atoms with Crippen LogP contribution in [0.1, 0.15) is 6.42 Å². The van der Waals surface area contributed by atoms with Gasteiger partial charge in [0.2, 0.25) is 0 Å². The van der Waals surface area contributed by atoms with Crippen LogP contribution in [-0.2, 0) is 0 Å². The molecule has 1 aliphatic heterocycles. The van der Waals surface area contributed by atoms with Crippen molar-refractivity contribution in [2.75, 3.05) is 49.5 Å². The Balaban J connectivity index is 1.32. The first-order valence-corrected chi connectivity index (χ1v) is 10.0. The van der Waals surface area contributed by atoms with E-state index in [1.54, 1.807) is 6.07 Å². The summed E-state index contributed by atoms with van der Waals surface area (Å²) in [5, 5.41) is 6.71. The van der Waals surface area contributed by atoms with Crippen LogP contribution < -0.4 is 15.5 Å². The number of hydrogen-bond donors (Lipinski definition) is 2. The van der Waals surface area contributed by atoms with E-state index in [0.29, 0.717) is 10.8 Å². The third-order valence-electron chi connectivity index (χ3n) is 4.68. The minimum Gasteiger partial charge on any atom is -0.369 e. The number of rotatable bonds is 6. The summed E-state index contributed by atoms with van der Waals surface area (Å²) in [6, 6.07) is 11.1. The van der Waals surface area contributed by atoms with Crippen molar-refractivity contribution in [2.24, 2.45) is 0 Å². The molecule has 1 aliphatic rings. The van der Waals surface area contributed by atoms with Crippen LogP contribution in [0.3, 0.4) is 0 Å². The summed E-state index contributed by atoms with van der Waals surface area (Å²) in [7, 11) is 0. The number of nitrogens with zero attached hydrogens (tertiary/aromatic N) is 2. The minimum atomic E-state index is -0.453. The van der Waals surface area contributed by atoms with Crippen molar-refractivity contribution >= 4 is 40.3 Å². The predicted molar refractivity (Wildman–Crippen MR) is 115 cm³/mol. The summed E-state index contributed by atoms with van der Waals surface area (Å²) >= 11 is 11.0.